The number of benzene rings is 2. The van der Waals surface area contributed by atoms with Crippen LogP contribution in [0.5, 0.6) is 0 Å². The monoisotopic (exact) mass is 413 g/mol. The number of rotatable bonds is 5. The summed E-state index contributed by atoms with van der Waals surface area (Å²) in [4.78, 5) is 0. The SMILES string of the molecule is CCCNC(c1cc(Br)ccc1C)c1cccc(Br)c1F. The van der Waals surface area contributed by atoms with Crippen LogP contribution in [-0.2, 0) is 0 Å². The van der Waals surface area contributed by atoms with E-state index in [1.54, 1.807) is 6.07 Å². The highest BCUT2D eigenvalue weighted by molar-refractivity contribution is 9.10. The van der Waals surface area contributed by atoms with Gasteiger partial charge in [-0.15, -0.1) is 0 Å². The van der Waals surface area contributed by atoms with Gasteiger partial charge in [0, 0.05) is 10.0 Å². The van der Waals surface area contributed by atoms with Crippen LogP contribution >= 0.6 is 31.9 Å². The summed E-state index contributed by atoms with van der Waals surface area (Å²) in [5.74, 6) is -0.203. The Morgan fingerprint density at radius 1 is 1.14 bits per heavy atom. The van der Waals surface area contributed by atoms with Crippen molar-refractivity contribution in [2.24, 2.45) is 0 Å². The Bertz CT molecular complexity index is 626. The molecule has 0 fully saturated rings. The summed E-state index contributed by atoms with van der Waals surface area (Å²) in [6, 6.07) is 11.4. The smallest absolute Gasteiger partial charge is 0.142 e. The zero-order chi connectivity index (χ0) is 15.4. The summed E-state index contributed by atoms with van der Waals surface area (Å²) in [5.41, 5.74) is 2.90. The third-order valence-electron chi connectivity index (χ3n) is 3.44. The van der Waals surface area contributed by atoms with Crippen molar-refractivity contribution in [3.8, 4) is 0 Å². The topological polar surface area (TPSA) is 12.0 Å². The van der Waals surface area contributed by atoms with Crippen molar-refractivity contribution < 1.29 is 4.39 Å². The van der Waals surface area contributed by atoms with Crippen molar-refractivity contribution in [3.63, 3.8) is 0 Å². The predicted molar refractivity (Wildman–Crippen MR) is 93.1 cm³/mol. The van der Waals surface area contributed by atoms with E-state index in [0.29, 0.717) is 10.0 Å². The Morgan fingerprint density at radius 2 is 1.90 bits per heavy atom. The molecular formula is C17H18Br2FN. The van der Waals surface area contributed by atoms with Crippen LogP contribution in [0.2, 0.25) is 0 Å². The maximum Gasteiger partial charge on any atom is 0.142 e. The maximum atomic E-state index is 14.5. The van der Waals surface area contributed by atoms with Crippen LogP contribution in [0.4, 0.5) is 4.39 Å². The molecule has 0 aliphatic rings. The van der Waals surface area contributed by atoms with Crippen LogP contribution in [0.1, 0.15) is 36.1 Å². The van der Waals surface area contributed by atoms with Gasteiger partial charge in [-0.2, -0.15) is 0 Å². The van der Waals surface area contributed by atoms with E-state index in [-0.39, 0.29) is 11.9 Å². The molecule has 0 saturated carbocycles. The average molecular weight is 415 g/mol. The van der Waals surface area contributed by atoms with Gasteiger partial charge in [-0.05, 0) is 65.1 Å². The standard InChI is InChI=1S/C17H18Br2FN/c1-3-9-21-17(13-5-4-6-15(19)16(13)20)14-10-12(18)8-7-11(14)2/h4-8,10,17,21H,3,9H2,1-2H3. The van der Waals surface area contributed by atoms with Gasteiger partial charge in [-0.25, -0.2) is 4.39 Å². The van der Waals surface area contributed by atoms with E-state index in [1.165, 1.54) is 0 Å². The van der Waals surface area contributed by atoms with Crippen LogP contribution in [0.15, 0.2) is 45.3 Å². The van der Waals surface area contributed by atoms with Crippen molar-refractivity contribution in [2.75, 3.05) is 6.54 Å². The van der Waals surface area contributed by atoms with Gasteiger partial charge in [0.25, 0.3) is 0 Å². The number of hydrogen-bond acceptors (Lipinski definition) is 1. The maximum absolute atomic E-state index is 14.5. The van der Waals surface area contributed by atoms with E-state index in [1.807, 2.05) is 18.2 Å². The molecule has 1 atom stereocenters. The lowest BCUT2D eigenvalue weighted by Crippen LogP contribution is -2.25. The molecule has 0 radical (unpaired) electrons. The van der Waals surface area contributed by atoms with Crippen LogP contribution in [0.3, 0.4) is 0 Å². The lowest BCUT2D eigenvalue weighted by molar-refractivity contribution is 0.542. The predicted octanol–water partition coefficient (Wildman–Crippen LogP) is 5.75. The Hall–Kier alpha value is -0.710. The van der Waals surface area contributed by atoms with Gasteiger partial charge in [-0.3, -0.25) is 0 Å². The molecule has 0 spiro atoms. The van der Waals surface area contributed by atoms with Crippen LogP contribution in [-0.4, -0.2) is 6.54 Å². The third-order valence-corrected chi connectivity index (χ3v) is 4.55. The molecule has 0 heterocycles. The number of aryl methyl sites for hydroxylation is 1. The third kappa shape index (κ3) is 3.93. The summed E-state index contributed by atoms with van der Waals surface area (Å²) in [7, 11) is 0. The highest BCUT2D eigenvalue weighted by atomic mass is 79.9. The minimum Gasteiger partial charge on any atom is -0.306 e. The summed E-state index contributed by atoms with van der Waals surface area (Å²) in [6.45, 7) is 5.00. The van der Waals surface area contributed by atoms with Gasteiger partial charge >= 0.3 is 0 Å². The van der Waals surface area contributed by atoms with E-state index >= 15 is 0 Å². The van der Waals surface area contributed by atoms with Gasteiger partial charge in [0.2, 0.25) is 0 Å². The zero-order valence-electron chi connectivity index (χ0n) is 12.1. The molecule has 0 aliphatic heterocycles. The molecule has 2 aromatic rings. The largest absolute Gasteiger partial charge is 0.306 e. The Morgan fingerprint density at radius 3 is 2.62 bits per heavy atom. The van der Waals surface area contributed by atoms with Crippen molar-refractivity contribution in [2.45, 2.75) is 26.3 Å². The lowest BCUT2D eigenvalue weighted by atomic mass is 9.94. The zero-order valence-corrected chi connectivity index (χ0v) is 15.3. The molecular weight excluding hydrogens is 397 g/mol. The van der Waals surface area contributed by atoms with Crippen LogP contribution in [0.25, 0.3) is 0 Å². The summed E-state index contributed by atoms with van der Waals surface area (Å²) < 4.78 is 16.0. The Labute approximate surface area is 142 Å². The molecule has 1 nitrogen and oxygen atoms in total. The van der Waals surface area contributed by atoms with E-state index in [9.17, 15) is 4.39 Å². The van der Waals surface area contributed by atoms with E-state index in [4.69, 9.17) is 0 Å². The Kier molecular flexibility index (Phi) is 5.97. The molecule has 112 valence electrons. The first-order valence-corrected chi connectivity index (χ1v) is 8.56. The number of hydrogen-bond donors (Lipinski definition) is 1. The minimum atomic E-state index is -0.203. The fraction of sp³-hybridized carbons (Fsp3) is 0.294. The van der Waals surface area contributed by atoms with E-state index in [2.05, 4.69) is 63.2 Å². The second-order valence-corrected chi connectivity index (χ2v) is 6.80. The van der Waals surface area contributed by atoms with Gasteiger partial charge < -0.3 is 5.32 Å². The van der Waals surface area contributed by atoms with Crippen LogP contribution in [0, 0.1) is 12.7 Å². The van der Waals surface area contributed by atoms with Crippen molar-refractivity contribution in [1.82, 2.24) is 5.32 Å². The Balaban J connectivity index is 2.52. The molecule has 4 heteroatoms. The van der Waals surface area contributed by atoms with Crippen molar-refractivity contribution in [3.05, 3.63) is 67.9 Å². The first kappa shape index (κ1) is 16.7. The first-order valence-electron chi connectivity index (χ1n) is 6.98. The van der Waals surface area contributed by atoms with E-state index in [0.717, 1.165) is 28.6 Å². The summed E-state index contributed by atoms with van der Waals surface area (Å²) >= 11 is 6.78. The van der Waals surface area contributed by atoms with Crippen LogP contribution < -0.4 is 5.32 Å². The second kappa shape index (κ2) is 7.52. The quantitative estimate of drug-likeness (QED) is 0.656. The molecule has 0 aromatic heterocycles. The van der Waals surface area contributed by atoms with Crippen molar-refractivity contribution >= 4 is 31.9 Å². The molecule has 2 aromatic carbocycles. The molecule has 21 heavy (non-hydrogen) atoms. The normalized spacial score (nSPS) is 12.4. The second-order valence-electron chi connectivity index (χ2n) is 5.03. The molecule has 0 bridgehead atoms. The summed E-state index contributed by atoms with van der Waals surface area (Å²) in [6.07, 6.45) is 0.999. The molecule has 2 rings (SSSR count). The average Bonchev–Trinajstić information content (AvgIpc) is 2.47. The van der Waals surface area contributed by atoms with Gasteiger partial charge in [0.05, 0.1) is 10.5 Å². The first-order chi connectivity index (χ1) is 10.0. The fourth-order valence-corrected chi connectivity index (χ4v) is 3.10. The molecule has 1 unspecified atom stereocenters. The highest BCUT2D eigenvalue weighted by Gasteiger charge is 2.20. The number of nitrogens with one attached hydrogen (secondary N) is 1. The molecule has 0 amide bonds. The van der Waals surface area contributed by atoms with Crippen molar-refractivity contribution in [1.29, 1.82) is 0 Å². The number of halogens is 3. The van der Waals surface area contributed by atoms with Gasteiger partial charge in [0.15, 0.2) is 0 Å². The molecule has 0 aliphatic carbocycles. The van der Waals surface area contributed by atoms with Gasteiger partial charge in [0.1, 0.15) is 5.82 Å². The minimum absolute atomic E-state index is 0.153. The fourth-order valence-electron chi connectivity index (χ4n) is 2.34. The van der Waals surface area contributed by atoms with E-state index < -0.39 is 0 Å². The molecule has 1 N–H and O–H groups in total. The highest BCUT2D eigenvalue weighted by Crippen LogP contribution is 2.31. The van der Waals surface area contributed by atoms with Gasteiger partial charge in [-0.1, -0.05) is 41.1 Å². The summed E-state index contributed by atoms with van der Waals surface area (Å²) in [5, 5.41) is 3.46. The lowest BCUT2D eigenvalue weighted by Gasteiger charge is -2.22. The molecule has 0 saturated heterocycles.